The minimum atomic E-state index is -0.176. The highest BCUT2D eigenvalue weighted by molar-refractivity contribution is 6.15. The third-order valence-corrected chi connectivity index (χ3v) is 4.47. The molecule has 1 fully saturated rings. The number of hydrazone groups is 1. The summed E-state index contributed by atoms with van der Waals surface area (Å²) in [5.41, 5.74) is 4.86. The van der Waals surface area contributed by atoms with Crippen LogP contribution in [0.25, 0.3) is 0 Å². The van der Waals surface area contributed by atoms with E-state index in [1.54, 1.807) is 14.2 Å². The second-order valence-electron chi connectivity index (χ2n) is 6.82. The molecule has 1 aromatic rings. The Kier molecular flexibility index (Phi) is 3.59. The lowest BCUT2D eigenvalue weighted by atomic mass is 9.68. The van der Waals surface area contributed by atoms with Crippen molar-refractivity contribution in [2.75, 3.05) is 14.2 Å². The predicted octanol–water partition coefficient (Wildman–Crippen LogP) is 2.39. The lowest BCUT2D eigenvalue weighted by Gasteiger charge is -2.36. The number of Topliss-reactive ketones (excluding diaryl/α,β-unsaturated/α-hetero) is 1. The molecule has 1 aliphatic heterocycles. The largest absolute Gasteiger partial charge is 0.497 e. The van der Waals surface area contributed by atoms with E-state index in [9.17, 15) is 4.79 Å². The number of ether oxygens (including phenoxy) is 2. The summed E-state index contributed by atoms with van der Waals surface area (Å²) in [6.45, 7) is 4.27. The van der Waals surface area contributed by atoms with E-state index in [4.69, 9.17) is 9.47 Å². The van der Waals surface area contributed by atoms with Gasteiger partial charge in [-0.3, -0.25) is 4.79 Å². The van der Waals surface area contributed by atoms with Crippen LogP contribution in [-0.4, -0.2) is 31.8 Å². The van der Waals surface area contributed by atoms with E-state index in [0.29, 0.717) is 17.9 Å². The van der Waals surface area contributed by atoms with Crippen LogP contribution in [0.5, 0.6) is 11.5 Å². The van der Waals surface area contributed by atoms with Gasteiger partial charge in [-0.05, 0) is 24.0 Å². The van der Waals surface area contributed by atoms with Crippen LogP contribution in [0.2, 0.25) is 0 Å². The fraction of sp³-hybridized carbons (Fsp3) is 0.529. The maximum absolute atomic E-state index is 12.6. The van der Waals surface area contributed by atoms with Crippen LogP contribution in [-0.2, 0) is 4.79 Å². The molecule has 1 heterocycles. The lowest BCUT2D eigenvalue weighted by molar-refractivity contribution is -0.126. The molecule has 0 radical (unpaired) electrons. The van der Waals surface area contributed by atoms with Crippen LogP contribution in [0.1, 0.15) is 32.3 Å². The summed E-state index contributed by atoms with van der Waals surface area (Å²) in [4.78, 5) is 12.6. The molecular weight excluding hydrogens is 280 g/mol. The summed E-state index contributed by atoms with van der Waals surface area (Å²) in [7, 11) is 3.23. The number of benzene rings is 1. The third kappa shape index (κ3) is 2.56. The van der Waals surface area contributed by atoms with Gasteiger partial charge in [0.1, 0.15) is 17.3 Å². The van der Waals surface area contributed by atoms with Gasteiger partial charge >= 0.3 is 0 Å². The zero-order valence-corrected chi connectivity index (χ0v) is 13.5. The van der Waals surface area contributed by atoms with E-state index in [1.165, 1.54) is 0 Å². The number of methoxy groups -OCH3 is 2. The van der Waals surface area contributed by atoms with Crippen molar-refractivity contribution < 1.29 is 14.3 Å². The summed E-state index contributed by atoms with van der Waals surface area (Å²) in [5.74, 6) is 1.48. The van der Waals surface area contributed by atoms with E-state index in [1.807, 2.05) is 18.2 Å². The van der Waals surface area contributed by atoms with Gasteiger partial charge in [-0.25, -0.2) is 0 Å². The Labute approximate surface area is 130 Å². The number of carbonyl (C=O) groups excluding carboxylic acids is 1. The van der Waals surface area contributed by atoms with Gasteiger partial charge in [-0.2, -0.15) is 5.10 Å². The van der Waals surface area contributed by atoms with Gasteiger partial charge in [0.05, 0.1) is 31.9 Å². The normalized spacial score (nSPS) is 26.0. The molecule has 2 aliphatic rings. The molecule has 3 rings (SSSR count). The Morgan fingerprint density at radius 3 is 2.41 bits per heavy atom. The van der Waals surface area contributed by atoms with Gasteiger partial charge in [0.2, 0.25) is 0 Å². The highest BCUT2D eigenvalue weighted by Gasteiger charge is 2.46. The van der Waals surface area contributed by atoms with Gasteiger partial charge in [-0.15, -0.1) is 0 Å². The first-order valence-electron chi connectivity index (χ1n) is 7.53. The summed E-state index contributed by atoms with van der Waals surface area (Å²) in [5, 5.41) is 4.45. The molecule has 0 bridgehead atoms. The molecule has 2 atom stereocenters. The summed E-state index contributed by atoms with van der Waals surface area (Å²) in [6.07, 6.45) is 1.54. The summed E-state index contributed by atoms with van der Waals surface area (Å²) in [6, 6.07) is 5.70. The molecular formula is C17H22N2O3. The van der Waals surface area contributed by atoms with Crippen LogP contribution in [0.15, 0.2) is 23.3 Å². The van der Waals surface area contributed by atoms with E-state index < -0.39 is 0 Å². The van der Waals surface area contributed by atoms with Crippen LogP contribution >= 0.6 is 0 Å². The zero-order valence-electron chi connectivity index (χ0n) is 13.5. The molecule has 1 N–H and O–H groups in total. The van der Waals surface area contributed by atoms with Crippen molar-refractivity contribution in [2.45, 2.75) is 32.7 Å². The summed E-state index contributed by atoms with van der Waals surface area (Å²) < 4.78 is 10.6. The van der Waals surface area contributed by atoms with E-state index >= 15 is 0 Å². The predicted molar refractivity (Wildman–Crippen MR) is 84.5 cm³/mol. The Bertz CT molecular complexity index is 615. The fourth-order valence-electron chi connectivity index (χ4n) is 3.48. The molecule has 1 saturated carbocycles. The van der Waals surface area contributed by atoms with Gasteiger partial charge in [0, 0.05) is 18.1 Å². The number of ketones is 1. The molecule has 0 saturated heterocycles. The monoisotopic (exact) mass is 302 g/mol. The van der Waals surface area contributed by atoms with Crippen LogP contribution < -0.4 is 14.9 Å². The molecule has 0 aromatic heterocycles. The van der Waals surface area contributed by atoms with E-state index in [-0.39, 0.29) is 23.2 Å². The molecule has 0 spiro atoms. The van der Waals surface area contributed by atoms with Crippen LogP contribution in [0.4, 0.5) is 0 Å². The molecule has 1 aliphatic carbocycles. The van der Waals surface area contributed by atoms with Crippen LogP contribution in [0.3, 0.4) is 0 Å². The van der Waals surface area contributed by atoms with Crippen molar-refractivity contribution in [3.8, 4) is 11.5 Å². The van der Waals surface area contributed by atoms with Crippen molar-refractivity contribution in [1.29, 1.82) is 0 Å². The molecule has 5 nitrogen and oxygen atoms in total. The topological polar surface area (TPSA) is 59.9 Å². The van der Waals surface area contributed by atoms with Crippen LogP contribution in [0, 0.1) is 11.3 Å². The highest BCUT2D eigenvalue weighted by atomic mass is 16.5. The van der Waals surface area contributed by atoms with Gasteiger partial charge in [0.25, 0.3) is 0 Å². The Balaban J connectivity index is 1.95. The zero-order chi connectivity index (χ0) is 15.9. The maximum Gasteiger partial charge on any atom is 0.144 e. The fourth-order valence-corrected chi connectivity index (χ4v) is 3.48. The smallest absolute Gasteiger partial charge is 0.144 e. The SMILES string of the molecule is COc1cc(OC)cc(C2=NN[C@@H]3CC(C)(C)CC(=O)[C@@H]23)c1. The average molecular weight is 302 g/mol. The molecule has 1 aromatic carbocycles. The summed E-state index contributed by atoms with van der Waals surface area (Å²) >= 11 is 0. The lowest BCUT2D eigenvalue weighted by Crippen LogP contribution is -2.45. The number of nitrogens with zero attached hydrogens (tertiary/aromatic N) is 1. The minimum absolute atomic E-state index is 0.0300. The minimum Gasteiger partial charge on any atom is -0.497 e. The maximum atomic E-state index is 12.6. The number of hydrogen-bond donors (Lipinski definition) is 1. The molecule has 0 unspecified atom stereocenters. The van der Waals surface area contributed by atoms with Gasteiger partial charge < -0.3 is 14.9 Å². The number of fused-ring (bicyclic) bond motifs is 1. The Hall–Kier alpha value is -2.04. The number of rotatable bonds is 3. The standard InChI is InChI=1S/C17H22N2O3/c1-17(2)8-13-15(14(20)9-17)16(19-18-13)10-5-11(21-3)7-12(6-10)22-4/h5-7,13,15,18H,8-9H2,1-4H3/t13-,15+/m1/s1. The number of hydrogen-bond acceptors (Lipinski definition) is 5. The Morgan fingerprint density at radius 1 is 1.18 bits per heavy atom. The van der Waals surface area contributed by atoms with E-state index in [2.05, 4.69) is 24.4 Å². The van der Waals surface area contributed by atoms with Crippen molar-refractivity contribution >= 4 is 11.5 Å². The van der Waals surface area contributed by atoms with Crippen molar-refractivity contribution in [2.24, 2.45) is 16.4 Å². The van der Waals surface area contributed by atoms with Gasteiger partial charge in [0.15, 0.2) is 0 Å². The molecule has 22 heavy (non-hydrogen) atoms. The second kappa shape index (κ2) is 5.30. The number of carbonyl (C=O) groups is 1. The molecule has 5 heteroatoms. The van der Waals surface area contributed by atoms with Crippen molar-refractivity contribution in [3.63, 3.8) is 0 Å². The quantitative estimate of drug-likeness (QED) is 0.931. The first-order chi connectivity index (χ1) is 10.4. The third-order valence-electron chi connectivity index (χ3n) is 4.47. The second-order valence-corrected chi connectivity index (χ2v) is 6.82. The first kappa shape index (κ1) is 14.9. The number of nitrogens with one attached hydrogen (secondary N) is 1. The first-order valence-corrected chi connectivity index (χ1v) is 7.53. The van der Waals surface area contributed by atoms with Crippen molar-refractivity contribution in [3.05, 3.63) is 23.8 Å². The average Bonchev–Trinajstić information content (AvgIpc) is 2.89. The van der Waals surface area contributed by atoms with Gasteiger partial charge in [-0.1, -0.05) is 13.8 Å². The molecule has 0 amide bonds. The van der Waals surface area contributed by atoms with E-state index in [0.717, 1.165) is 17.7 Å². The highest BCUT2D eigenvalue weighted by Crippen LogP contribution is 2.40. The van der Waals surface area contributed by atoms with Crippen molar-refractivity contribution in [1.82, 2.24) is 5.43 Å². The Morgan fingerprint density at radius 2 is 1.82 bits per heavy atom. The molecule has 118 valence electrons.